The van der Waals surface area contributed by atoms with Crippen molar-refractivity contribution in [2.45, 2.75) is 12.1 Å². The number of hydrogen-bond acceptors (Lipinski definition) is 4. The van der Waals surface area contributed by atoms with E-state index in [9.17, 15) is 0 Å². The van der Waals surface area contributed by atoms with Gasteiger partial charge in [-0.25, -0.2) is 9.98 Å². The average molecular weight is 292 g/mol. The third-order valence-corrected chi connectivity index (χ3v) is 3.85. The molecule has 2 aromatic rings. The van der Waals surface area contributed by atoms with Gasteiger partial charge in [-0.1, -0.05) is 60.7 Å². The Morgan fingerprint density at radius 2 is 1.05 bits per heavy atom. The summed E-state index contributed by atoms with van der Waals surface area (Å²) >= 11 is 0. The molecule has 2 heterocycles. The molecule has 2 aromatic carbocycles. The Morgan fingerprint density at radius 3 is 1.45 bits per heavy atom. The second kappa shape index (κ2) is 5.64. The molecule has 2 aliphatic heterocycles. The topological polar surface area (TPSA) is 43.2 Å². The molecule has 0 unspecified atom stereocenters. The normalized spacial score (nSPS) is 23.5. The van der Waals surface area contributed by atoms with E-state index in [0.717, 1.165) is 11.1 Å². The van der Waals surface area contributed by atoms with Crippen LogP contribution in [0.15, 0.2) is 70.6 Å². The number of aliphatic imine (C=N–C) groups is 2. The van der Waals surface area contributed by atoms with Gasteiger partial charge in [-0.05, 0) is 11.1 Å². The molecule has 0 aliphatic carbocycles. The molecule has 4 nitrogen and oxygen atoms in total. The van der Waals surface area contributed by atoms with Gasteiger partial charge in [-0.3, -0.25) is 0 Å². The van der Waals surface area contributed by atoms with Gasteiger partial charge in [0.05, 0.1) is 0 Å². The van der Waals surface area contributed by atoms with Crippen LogP contribution in [-0.4, -0.2) is 25.0 Å². The maximum atomic E-state index is 5.68. The van der Waals surface area contributed by atoms with Crippen LogP contribution in [0, 0.1) is 0 Å². The Bertz CT molecular complexity index is 647. The highest BCUT2D eigenvalue weighted by molar-refractivity contribution is 6.36. The Morgan fingerprint density at radius 1 is 0.636 bits per heavy atom. The molecule has 0 amide bonds. The monoisotopic (exact) mass is 292 g/mol. The molecule has 2 aliphatic rings. The van der Waals surface area contributed by atoms with Crippen molar-refractivity contribution in [2.24, 2.45) is 9.98 Å². The molecular weight excluding hydrogens is 276 g/mol. The SMILES string of the molecule is c1ccc([C@H]2COC(C3=N[C@@H](c4ccccc4)CO3)=N2)cc1. The fourth-order valence-electron chi connectivity index (χ4n) is 2.67. The summed E-state index contributed by atoms with van der Waals surface area (Å²) in [6.45, 7) is 1.08. The van der Waals surface area contributed by atoms with E-state index in [1.807, 2.05) is 36.4 Å². The van der Waals surface area contributed by atoms with E-state index in [1.165, 1.54) is 0 Å². The molecule has 110 valence electrons. The standard InChI is InChI=1S/C18H16N2O2/c1-3-7-13(8-4-1)15-11-21-17(19-15)18-20-16(12-22-18)14-9-5-2-6-10-14/h1-10,15-16H,11-12H2/t15-,16-/m1/s1. The van der Waals surface area contributed by atoms with Crippen LogP contribution in [-0.2, 0) is 9.47 Å². The molecule has 0 saturated carbocycles. The second-order valence-corrected chi connectivity index (χ2v) is 5.34. The van der Waals surface area contributed by atoms with E-state index in [4.69, 9.17) is 9.47 Å². The predicted octanol–water partition coefficient (Wildman–Crippen LogP) is 3.33. The Hall–Kier alpha value is -2.62. The average Bonchev–Trinajstić information content (AvgIpc) is 3.26. The second-order valence-electron chi connectivity index (χ2n) is 5.34. The minimum Gasteiger partial charge on any atom is -0.471 e. The highest BCUT2D eigenvalue weighted by Gasteiger charge is 2.30. The molecule has 0 bridgehead atoms. The molecule has 4 rings (SSSR count). The first-order chi connectivity index (χ1) is 10.9. The summed E-state index contributed by atoms with van der Waals surface area (Å²) in [6, 6.07) is 20.3. The summed E-state index contributed by atoms with van der Waals surface area (Å²) in [5.74, 6) is 1.04. The van der Waals surface area contributed by atoms with Crippen molar-refractivity contribution >= 4 is 11.8 Å². The van der Waals surface area contributed by atoms with E-state index < -0.39 is 0 Å². The van der Waals surface area contributed by atoms with Gasteiger partial charge < -0.3 is 9.47 Å². The molecule has 0 radical (unpaired) electrons. The van der Waals surface area contributed by atoms with Gasteiger partial charge in [0, 0.05) is 0 Å². The zero-order chi connectivity index (χ0) is 14.8. The third kappa shape index (κ3) is 2.48. The van der Waals surface area contributed by atoms with Gasteiger partial charge >= 0.3 is 0 Å². The van der Waals surface area contributed by atoms with Crippen molar-refractivity contribution in [3.63, 3.8) is 0 Å². The number of ether oxygens (including phenoxy) is 2. The van der Waals surface area contributed by atoms with Crippen LogP contribution < -0.4 is 0 Å². The highest BCUT2D eigenvalue weighted by atomic mass is 16.5. The van der Waals surface area contributed by atoms with Gasteiger partial charge in [-0.2, -0.15) is 0 Å². The van der Waals surface area contributed by atoms with Crippen LogP contribution in [0.3, 0.4) is 0 Å². The van der Waals surface area contributed by atoms with Crippen molar-refractivity contribution in [2.75, 3.05) is 13.2 Å². The summed E-state index contributed by atoms with van der Waals surface area (Å²) in [7, 11) is 0. The first-order valence-electron chi connectivity index (χ1n) is 7.41. The summed E-state index contributed by atoms with van der Waals surface area (Å²) in [4.78, 5) is 9.21. The van der Waals surface area contributed by atoms with Crippen molar-refractivity contribution in [1.29, 1.82) is 0 Å². The zero-order valence-electron chi connectivity index (χ0n) is 12.1. The minimum atomic E-state index is 0.0262. The number of rotatable bonds is 3. The van der Waals surface area contributed by atoms with Gasteiger partial charge in [-0.15, -0.1) is 0 Å². The van der Waals surface area contributed by atoms with Crippen LogP contribution in [0.1, 0.15) is 23.2 Å². The smallest absolute Gasteiger partial charge is 0.273 e. The fraction of sp³-hybridized carbons (Fsp3) is 0.222. The third-order valence-electron chi connectivity index (χ3n) is 3.85. The lowest BCUT2D eigenvalue weighted by atomic mass is 10.1. The molecular formula is C18H16N2O2. The lowest BCUT2D eigenvalue weighted by Crippen LogP contribution is -2.14. The number of benzene rings is 2. The molecule has 0 aromatic heterocycles. The lowest BCUT2D eigenvalue weighted by Gasteiger charge is -2.03. The first kappa shape index (κ1) is 13.1. The Balaban J connectivity index is 1.54. The van der Waals surface area contributed by atoms with Gasteiger partial charge in [0.15, 0.2) is 0 Å². The van der Waals surface area contributed by atoms with Crippen LogP contribution >= 0.6 is 0 Å². The molecule has 22 heavy (non-hydrogen) atoms. The van der Waals surface area contributed by atoms with Crippen LogP contribution in [0.5, 0.6) is 0 Å². The van der Waals surface area contributed by atoms with Gasteiger partial charge in [0.25, 0.3) is 11.8 Å². The van der Waals surface area contributed by atoms with E-state index in [1.54, 1.807) is 0 Å². The van der Waals surface area contributed by atoms with Gasteiger partial charge in [0.1, 0.15) is 25.3 Å². The quantitative estimate of drug-likeness (QED) is 0.871. The molecule has 0 spiro atoms. The van der Waals surface area contributed by atoms with Gasteiger partial charge in [0.2, 0.25) is 0 Å². The van der Waals surface area contributed by atoms with Crippen LogP contribution in [0.4, 0.5) is 0 Å². The van der Waals surface area contributed by atoms with Crippen molar-refractivity contribution in [3.8, 4) is 0 Å². The molecule has 4 heteroatoms. The van der Waals surface area contributed by atoms with Crippen molar-refractivity contribution in [1.82, 2.24) is 0 Å². The summed E-state index contributed by atoms with van der Waals surface area (Å²) in [6.07, 6.45) is 0. The number of hydrogen-bond donors (Lipinski definition) is 0. The summed E-state index contributed by atoms with van der Waals surface area (Å²) in [5.41, 5.74) is 2.30. The minimum absolute atomic E-state index is 0.0262. The largest absolute Gasteiger partial charge is 0.471 e. The van der Waals surface area contributed by atoms with Crippen LogP contribution in [0.2, 0.25) is 0 Å². The van der Waals surface area contributed by atoms with E-state index in [0.29, 0.717) is 25.0 Å². The van der Waals surface area contributed by atoms with Crippen molar-refractivity contribution < 1.29 is 9.47 Å². The van der Waals surface area contributed by atoms with E-state index >= 15 is 0 Å². The number of nitrogens with zero attached hydrogens (tertiary/aromatic N) is 2. The lowest BCUT2D eigenvalue weighted by molar-refractivity contribution is 0.295. The van der Waals surface area contributed by atoms with E-state index in [-0.39, 0.29) is 12.1 Å². The first-order valence-corrected chi connectivity index (χ1v) is 7.41. The van der Waals surface area contributed by atoms with Crippen molar-refractivity contribution in [3.05, 3.63) is 71.8 Å². The summed E-state index contributed by atoms with van der Waals surface area (Å²) in [5, 5.41) is 0. The highest BCUT2D eigenvalue weighted by Crippen LogP contribution is 2.27. The Kier molecular flexibility index (Phi) is 3.35. The summed E-state index contributed by atoms with van der Waals surface area (Å²) < 4.78 is 11.4. The zero-order valence-corrected chi connectivity index (χ0v) is 12.1. The van der Waals surface area contributed by atoms with E-state index in [2.05, 4.69) is 34.3 Å². The Labute approximate surface area is 129 Å². The maximum absolute atomic E-state index is 5.68. The predicted molar refractivity (Wildman–Crippen MR) is 85.1 cm³/mol. The molecule has 0 fully saturated rings. The molecule has 0 saturated heterocycles. The van der Waals surface area contributed by atoms with Crippen LogP contribution in [0.25, 0.3) is 0 Å². The fourth-order valence-corrected chi connectivity index (χ4v) is 2.67. The molecule has 0 N–H and O–H groups in total. The maximum Gasteiger partial charge on any atom is 0.273 e. The molecule has 2 atom stereocenters.